The maximum Gasteiger partial charge on any atom is 0.123 e. The lowest BCUT2D eigenvalue weighted by Gasteiger charge is -2.06. The van der Waals surface area contributed by atoms with E-state index < -0.39 is 0 Å². The number of aromatic nitrogens is 2. The number of rotatable bonds is 1. The molecule has 3 aromatic rings. The minimum absolute atomic E-state index is 0.289. The van der Waals surface area contributed by atoms with E-state index in [2.05, 4.69) is 9.97 Å². The van der Waals surface area contributed by atoms with Crippen molar-refractivity contribution in [2.45, 2.75) is 0 Å². The summed E-state index contributed by atoms with van der Waals surface area (Å²) < 4.78 is 13.2. The summed E-state index contributed by atoms with van der Waals surface area (Å²) in [4.78, 5) is 8.47. The maximum atomic E-state index is 13.2. The van der Waals surface area contributed by atoms with Crippen LogP contribution in [0.25, 0.3) is 22.2 Å². The third-order valence-corrected chi connectivity index (χ3v) is 2.76. The zero-order valence-corrected chi connectivity index (χ0v) is 9.47. The molecule has 0 unspecified atom stereocenters. The topological polar surface area (TPSA) is 51.8 Å². The Bertz CT molecular complexity index is 725. The van der Waals surface area contributed by atoms with E-state index in [4.69, 9.17) is 5.73 Å². The molecule has 2 aromatic heterocycles. The summed E-state index contributed by atoms with van der Waals surface area (Å²) in [5.74, 6) is -0.289. The van der Waals surface area contributed by atoms with Gasteiger partial charge in [0.15, 0.2) is 0 Å². The Morgan fingerprint density at radius 2 is 2.00 bits per heavy atom. The molecule has 4 heteroatoms. The van der Waals surface area contributed by atoms with E-state index in [0.717, 1.165) is 10.9 Å². The predicted octanol–water partition coefficient (Wildman–Crippen LogP) is 3.02. The van der Waals surface area contributed by atoms with E-state index in [9.17, 15) is 4.39 Å². The van der Waals surface area contributed by atoms with Crippen molar-refractivity contribution < 1.29 is 4.39 Å². The number of pyridine rings is 2. The van der Waals surface area contributed by atoms with Crippen LogP contribution in [0, 0.1) is 5.82 Å². The fourth-order valence-electron chi connectivity index (χ4n) is 1.89. The molecule has 0 aliphatic rings. The molecule has 0 bridgehead atoms. The lowest BCUT2D eigenvalue weighted by atomic mass is 10.1. The Kier molecular flexibility index (Phi) is 2.41. The van der Waals surface area contributed by atoms with Gasteiger partial charge in [-0.05, 0) is 24.3 Å². The van der Waals surface area contributed by atoms with Gasteiger partial charge in [0.25, 0.3) is 0 Å². The first-order valence-electron chi connectivity index (χ1n) is 5.50. The highest BCUT2D eigenvalue weighted by molar-refractivity contribution is 5.91. The number of hydrogen-bond acceptors (Lipinski definition) is 3. The average Bonchev–Trinajstić information content (AvgIpc) is 2.39. The fraction of sp³-hybridized carbons (Fsp3) is 0. The summed E-state index contributed by atoms with van der Waals surface area (Å²) in [6.07, 6.45) is 3.33. The summed E-state index contributed by atoms with van der Waals surface area (Å²) in [7, 11) is 0. The molecule has 3 nitrogen and oxygen atoms in total. The van der Waals surface area contributed by atoms with Crippen molar-refractivity contribution >= 4 is 16.6 Å². The van der Waals surface area contributed by atoms with Gasteiger partial charge in [0.1, 0.15) is 5.82 Å². The van der Waals surface area contributed by atoms with Gasteiger partial charge in [-0.3, -0.25) is 4.98 Å². The number of fused-ring (bicyclic) bond motifs is 1. The van der Waals surface area contributed by atoms with Gasteiger partial charge in [-0.25, -0.2) is 9.37 Å². The Hall–Kier alpha value is -2.49. The van der Waals surface area contributed by atoms with Crippen molar-refractivity contribution in [2.24, 2.45) is 0 Å². The van der Waals surface area contributed by atoms with Crippen molar-refractivity contribution in [1.29, 1.82) is 0 Å². The standard InChI is InChI=1S/C14H10FN3/c15-10-3-1-2-9(6-10)14-7-12(16)11-8-17-5-4-13(11)18-14/h1-8H,(H2,16,18). The quantitative estimate of drug-likeness (QED) is 0.710. The van der Waals surface area contributed by atoms with Crippen LogP contribution in [-0.2, 0) is 0 Å². The summed E-state index contributed by atoms with van der Waals surface area (Å²) in [5.41, 5.74) is 8.67. The van der Waals surface area contributed by atoms with Crippen molar-refractivity contribution in [3.63, 3.8) is 0 Å². The summed E-state index contributed by atoms with van der Waals surface area (Å²) in [6.45, 7) is 0. The number of nitrogens with two attached hydrogens (primary N) is 1. The van der Waals surface area contributed by atoms with Gasteiger partial charge in [-0.1, -0.05) is 12.1 Å². The van der Waals surface area contributed by atoms with Crippen LogP contribution in [0.15, 0.2) is 48.8 Å². The van der Waals surface area contributed by atoms with Crippen LogP contribution in [0.5, 0.6) is 0 Å². The average molecular weight is 239 g/mol. The third kappa shape index (κ3) is 1.78. The smallest absolute Gasteiger partial charge is 0.123 e. The molecular formula is C14H10FN3. The van der Waals surface area contributed by atoms with Gasteiger partial charge in [-0.2, -0.15) is 0 Å². The molecule has 2 heterocycles. The minimum Gasteiger partial charge on any atom is -0.398 e. The van der Waals surface area contributed by atoms with Gasteiger partial charge < -0.3 is 5.73 Å². The highest BCUT2D eigenvalue weighted by Crippen LogP contribution is 2.25. The van der Waals surface area contributed by atoms with E-state index in [0.29, 0.717) is 16.9 Å². The second kappa shape index (κ2) is 4.07. The number of hydrogen-bond donors (Lipinski definition) is 1. The summed E-state index contributed by atoms with van der Waals surface area (Å²) >= 11 is 0. The van der Waals surface area contributed by atoms with E-state index >= 15 is 0 Å². The molecule has 0 spiro atoms. The lowest BCUT2D eigenvalue weighted by molar-refractivity contribution is 0.628. The molecule has 0 fully saturated rings. The Morgan fingerprint density at radius 1 is 1.11 bits per heavy atom. The normalized spacial score (nSPS) is 10.7. The number of anilines is 1. The predicted molar refractivity (Wildman–Crippen MR) is 69.3 cm³/mol. The second-order valence-corrected chi connectivity index (χ2v) is 4.00. The highest BCUT2D eigenvalue weighted by Gasteiger charge is 2.06. The first-order valence-corrected chi connectivity index (χ1v) is 5.50. The zero-order valence-electron chi connectivity index (χ0n) is 9.47. The van der Waals surface area contributed by atoms with Gasteiger partial charge in [-0.15, -0.1) is 0 Å². The SMILES string of the molecule is Nc1cc(-c2cccc(F)c2)nc2ccncc12. The number of benzene rings is 1. The van der Waals surface area contributed by atoms with Gasteiger partial charge in [0.05, 0.1) is 11.2 Å². The molecule has 0 amide bonds. The monoisotopic (exact) mass is 239 g/mol. The molecule has 0 atom stereocenters. The highest BCUT2D eigenvalue weighted by atomic mass is 19.1. The Morgan fingerprint density at radius 3 is 2.83 bits per heavy atom. The van der Waals surface area contributed by atoms with Crippen LogP contribution in [0.2, 0.25) is 0 Å². The summed E-state index contributed by atoms with van der Waals surface area (Å²) in [6, 6.07) is 9.82. The van der Waals surface area contributed by atoms with E-state index in [1.54, 1.807) is 36.7 Å². The Labute approximate surface area is 103 Å². The first-order chi connectivity index (χ1) is 8.74. The molecular weight excluding hydrogens is 229 g/mol. The number of nitrogen functional groups attached to an aromatic ring is 1. The molecule has 18 heavy (non-hydrogen) atoms. The molecule has 3 rings (SSSR count). The molecule has 1 aromatic carbocycles. The number of nitrogens with zero attached hydrogens (tertiary/aromatic N) is 2. The largest absolute Gasteiger partial charge is 0.398 e. The molecule has 0 saturated carbocycles. The maximum absolute atomic E-state index is 13.2. The van der Waals surface area contributed by atoms with Crippen molar-refractivity contribution in [2.75, 3.05) is 5.73 Å². The molecule has 0 aliphatic heterocycles. The van der Waals surface area contributed by atoms with Gasteiger partial charge in [0, 0.05) is 29.0 Å². The van der Waals surface area contributed by atoms with Crippen LogP contribution in [0.4, 0.5) is 10.1 Å². The number of halogens is 1. The molecule has 0 saturated heterocycles. The van der Waals surface area contributed by atoms with Crippen LogP contribution in [-0.4, -0.2) is 9.97 Å². The second-order valence-electron chi connectivity index (χ2n) is 4.00. The van der Waals surface area contributed by atoms with Gasteiger partial charge in [0.2, 0.25) is 0 Å². The Balaban J connectivity index is 2.24. The van der Waals surface area contributed by atoms with Crippen LogP contribution >= 0.6 is 0 Å². The fourth-order valence-corrected chi connectivity index (χ4v) is 1.89. The third-order valence-electron chi connectivity index (χ3n) is 2.76. The van der Waals surface area contributed by atoms with Crippen LogP contribution < -0.4 is 5.73 Å². The molecule has 2 N–H and O–H groups in total. The van der Waals surface area contributed by atoms with E-state index in [-0.39, 0.29) is 5.82 Å². The first kappa shape index (κ1) is 10.7. The lowest BCUT2D eigenvalue weighted by Crippen LogP contribution is -1.93. The summed E-state index contributed by atoms with van der Waals surface area (Å²) in [5, 5.41) is 0.803. The molecule has 0 radical (unpaired) electrons. The van der Waals surface area contributed by atoms with Crippen molar-refractivity contribution in [3.8, 4) is 11.3 Å². The van der Waals surface area contributed by atoms with Gasteiger partial charge >= 0.3 is 0 Å². The zero-order chi connectivity index (χ0) is 12.5. The van der Waals surface area contributed by atoms with Crippen LogP contribution in [0.3, 0.4) is 0 Å². The van der Waals surface area contributed by atoms with Crippen molar-refractivity contribution in [3.05, 3.63) is 54.6 Å². The van der Waals surface area contributed by atoms with E-state index in [1.165, 1.54) is 12.1 Å². The molecule has 88 valence electrons. The van der Waals surface area contributed by atoms with E-state index in [1.807, 2.05) is 0 Å². The molecule has 0 aliphatic carbocycles. The minimum atomic E-state index is -0.289. The van der Waals surface area contributed by atoms with Crippen LogP contribution in [0.1, 0.15) is 0 Å². The van der Waals surface area contributed by atoms with Crippen molar-refractivity contribution in [1.82, 2.24) is 9.97 Å².